The van der Waals surface area contributed by atoms with Crippen molar-refractivity contribution in [1.82, 2.24) is 4.98 Å². The van der Waals surface area contributed by atoms with Crippen molar-refractivity contribution in [2.75, 3.05) is 7.11 Å². The lowest BCUT2D eigenvalue weighted by atomic mass is 10.00. The average molecular weight is 306 g/mol. The minimum atomic E-state index is -0.388. The molecule has 0 fully saturated rings. The number of rotatable bonds is 4. The van der Waals surface area contributed by atoms with E-state index in [1.54, 1.807) is 13.2 Å². The zero-order chi connectivity index (χ0) is 16.8. The number of benzene rings is 1. The van der Waals surface area contributed by atoms with Crippen LogP contribution in [0.1, 0.15) is 30.5 Å². The highest BCUT2D eigenvalue weighted by Crippen LogP contribution is 2.32. The molecule has 1 aromatic carbocycles. The number of nitrogens with zero attached hydrogens (tertiary/aromatic N) is 1. The Kier molecular flexibility index (Phi) is 5.16. The van der Waals surface area contributed by atoms with E-state index in [1.165, 1.54) is 6.07 Å². The Balaban J connectivity index is 2.70. The largest absolute Gasteiger partial charge is 0.496 e. The predicted molar refractivity (Wildman–Crippen MR) is 93.2 cm³/mol. The third-order valence-electron chi connectivity index (χ3n) is 3.38. The summed E-state index contributed by atoms with van der Waals surface area (Å²) in [5, 5.41) is 8.87. The van der Waals surface area contributed by atoms with Gasteiger partial charge in [-0.1, -0.05) is 24.3 Å². The number of nitriles is 1. The fraction of sp³-hybridized carbons (Fsp3) is 0.158. The van der Waals surface area contributed by atoms with Gasteiger partial charge in [-0.05, 0) is 43.7 Å². The van der Waals surface area contributed by atoms with Gasteiger partial charge in [-0.15, -0.1) is 0 Å². The molecule has 0 amide bonds. The van der Waals surface area contributed by atoms with Crippen LogP contribution in [0, 0.1) is 11.3 Å². The van der Waals surface area contributed by atoms with Gasteiger partial charge in [0.2, 0.25) is 0 Å². The number of hydrogen-bond donors (Lipinski definition) is 1. The second kappa shape index (κ2) is 7.28. The molecule has 1 heterocycles. The highest BCUT2D eigenvalue weighted by molar-refractivity contribution is 5.75. The quantitative estimate of drug-likeness (QED) is 0.928. The average Bonchev–Trinajstić information content (AvgIpc) is 2.55. The fourth-order valence-electron chi connectivity index (χ4n) is 2.40. The molecule has 1 aromatic heterocycles. The number of pyridine rings is 1. The van der Waals surface area contributed by atoms with Crippen LogP contribution in [0.25, 0.3) is 23.4 Å². The molecule has 116 valence electrons. The van der Waals surface area contributed by atoms with Crippen LogP contribution in [0.15, 0.2) is 41.2 Å². The molecule has 0 aliphatic rings. The summed E-state index contributed by atoms with van der Waals surface area (Å²) in [6.45, 7) is 3.87. The standard InChI is InChI=1S/C19H18N2O2/c1-4-6-13-10-16(11-14(7-5-2)18(13)23-3)17-9-8-15(12-20)19(22)21-17/h4-11H,1-3H3,(H,21,22)/b6-4+,7-5+. The first-order valence-corrected chi connectivity index (χ1v) is 7.25. The van der Waals surface area contributed by atoms with Crippen LogP contribution in [0.4, 0.5) is 0 Å². The van der Waals surface area contributed by atoms with Crippen molar-refractivity contribution in [2.45, 2.75) is 13.8 Å². The molecule has 0 aliphatic carbocycles. The summed E-state index contributed by atoms with van der Waals surface area (Å²) in [4.78, 5) is 14.6. The minimum absolute atomic E-state index is 0.101. The number of nitrogens with one attached hydrogen (secondary N) is 1. The smallest absolute Gasteiger partial charge is 0.266 e. The zero-order valence-electron chi connectivity index (χ0n) is 13.4. The lowest BCUT2D eigenvalue weighted by Crippen LogP contribution is -2.10. The van der Waals surface area contributed by atoms with Gasteiger partial charge in [0.15, 0.2) is 0 Å². The summed E-state index contributed by atoms with van der Waals surface area (Å²) in [5.41, 5.74) is 3.07. The van der Waals surface area contributed by atoms with Gasteiger partial charge < -0.3 is 9.72 Å². The Hall–Kier alpha value is -3.06. The van der Waals surface area contributed by atoms with Crippen LogP contribution in [0.3, 0.4) is 0 Å². The molecule has 0 spiro atoms. The maximum atomic E-state index is 11.9. The fourth-order valence-corrected chi connectivity index (χ4v) is 2.40. The lowest BCUT2D eigenvalue weighted by molar-refractivity contribution is 0.413. The maximum absolute atomic E-state index is 11.9. The molecule has 23 heavy (non-hydrogen) atoms. The summed E-state index contributed by atoms with van der Waals surface area (Å²) in [7, 11) is 1.64. The van der Waals surface area contributed by atoms with Crippen molar-refractivity contribution in [2.24, 2.45) is 0 Å². The second-order valence-electron chi connectivity index (χ2n) is 4.91. The first-order valence-electron chi connectivity index (χ1n) is 7.25. The molecular weight excluding hydrogens is 288 g/mol. The lowest BCUT2D eigenvalue weighted by Gasteiger charge is -2.12. The highest BCUT2D eigenvalue weighted by atomic mass is 16.5. The van der Waals surface area contributed by atoms with Gasteiger partial charge in [-0.25, -0.2) is 0 Å². The van der Waals surface area contributed by atoms with E-state index < -0.39 is 0 Å². The molecule has 0 bridgehead atoms. The molecule has 1 N–H and O–H groups in total. The normalized spacial score (nSPS) is 11.0. The molecule has 4 heteroatoms. The van der Waals surface area contributed by atoms with Crippen LogP contribution in [0.5, 0.6) is 5.75 Å². The van der Waals surface area contributed by atoms with Gasteiger partial charge in [0.1, 0.15) is 17.4 Å². The maximum Gasteiger partial charge on any atom is 0.266 e. The van der Waals surface area contributed by atoms with Crippen molar-refractivity contribution in [3.8, 4) is 23.1 Å². The van der Waals surface area contributed by atoms with Crippen LogP contribution < -0.4 is 10.3 Å². The van der Waals surface area contributed by atoms with Gasteiger partial charge in [-0.3, -0.25) is 4.79 Å². The van der Waals surface area contributed by atoms with Crippen molar-refractivity contribution < 1.29 is 4.74 Å². The van der Waals surface area contributed by atoms with E-state index in [1.807, 2.05) is 56.4 Å². The number of methoxy groups -OCH3 is 1. The van der Waals surface area contributed by atoms with Gasteiger partial charge in [0.05, 0.1) is 7.11 Å². The molecule has 2 aromatic rings. The summed E-state index contributed by atoms with van der Waals surface area (Å²) >= 11 is 0. The van der Waals surface area contributed by atoms with E-state index in [2.05, 4.69) is 4.98 Å². The van der Waals surface area contributed by atoms with E-state index in [0.717, 1.165) is 22.4 Å². The van der Waals surface area contributed by atoms with E-state index in [9.17, 15) is 4.79 Å². The van der Waals surface area contributed by atoms with Crippen LogP contribution in [-0.2, 0) is 0 Å². The number of ether oxygens (including phenoxy) is 1. The molecule has 4 nitrogen and oxygen atoms in total. The zero-order valence-corrected chi connectivity index (χ0v) is 13.4. The van der Waals surface area contributed by atoms with Crippen molar-refractivity contribution in [3.05, 3.63) is 63.5 Å². The monoisotopic (exact) mass is 306 g/mol. The number of allylic oxidation sites excluding steroid dienone is 2. The van der Waals surface area contributed by atoms with E-state index >= 15 is 0 Å². The van der Waals surface area contributed by atoms with Crippen molar-refractivity contribution in [3.63, 3.8) is 0 Å². The van der Waals surface area contributed by atoms with E-state index in [0.29, 0.717) is 5.69 Å². The van der Waals surface area contributed by atoms with Crippen molar-refractivity contribution in [1.29, 1.82) is 5.26 Å². The summed E-state index contributed by atoms with van der Waals surface area (Å²) in [6.07, 6.45) is 7.78. The number of aromatic nitrogens is 1. The SMILES string of the molecule is C/C=C/c1cc(-c2ccc(C#N)c(=O)[nH]2)cc(/C=C/C)c1OC. The Morgan fingerprint density at radius 2 is 1.74 bits per heavy atom. The first-order chi connectivity index (χ1) is 11.1. The molecule has 0 atom stereocenters. The van der Waals surface area contributed by atoms with Gasteiger partial charge >= 0.3 is 0 Å². The van der Waals surface area contributed by atoms with E-state index in [4.69, 9.17) is 10.00 Å². The van der Waals surface area contributed by atoms with Crippen molar-refractivity contribution >= 4 is 12.2 Å². The molecule has 0 aliphatic heterocycles. The molecule has 0 radical (unpaired) electrons. The van der Waals surface area contributed by atoms with E-state index in [-0.39, 0.29) is 11.1 Å². The van der Waals surface area contributed by atoms with Crippen LogP contribution >= 0.6 is 0 Å². The highest BCUT2D eigenvalue weighted by Gasteiger charge is 2.10. The molecule has 2 rings (SSSR count). The summed E-state index contributed by atoms with van der Waals surface area (Å²) < 4.78 is 5.52. The third kappa shape index (κ3) is 3.41. The molecule has 0 saturated carbocycles. The Morgan fingerprint density at radius 1 is 1.13 bits per heavy atom. The van der Waals surface area contributed by atoms with Crippen LogP contribution in [-0.4, -0.2) is 12.1 Å². The minimum Gasteiger partial charge on any atom is -0.496 e. The Labute approximate surface area is 135 Å². The van der Waals surface area contributed by atoms with Gasteiger partial charge in [0.25, 0.3) is 5.56 Å². The Morgan fingerprint density at radius 3 is 2.17 bits per heavy atom. The Bertz CT molecular complexity index is 835. The number of H-pyrrole nitrogens is 1. The topological polar surface area (TPSA) is 65.9 Å². The predicted octanol–water partition coefficient (Wildman–Crippen LogP) is 3.99. The molecule has 0 saturated heterocycles. The number of aromatic amines is 1. The number of hydrogen-bond acceptors (Lipinski definition) is 3. The summed E-state index contributed by atoms with van der Waals surface area (Å²) in [5.74, 6) is 0.779. The molecule has 0 unspecified atom stereocenters. The second-order valence-corrected chi connectivity index (χ2v) is 4.91. The molecular formula is C19H18N2O2. The first kappa shape index (κ1) is 16.3. The summed E-state index contributed by atoms with van der Waals surface area (Å²) in [6, 6.07) is 9.03. The van der Waals surface area contributed by atoms with Crippen LogP contribution in [0.2, 0.25) is 0 Å². The third-order valence-corrected chi connectivity index (χ3v) is 3.38. The van der Waals surface area contributed by atoms with Gasteiger partial charge in [-0.2, -0.15) is 5.26 Å². The van der Waals surface area contributed by atoms with Gasteiger partial charge in [0, 0.05) is 16.8 Å².